The molecule has 0 radical (unpaired) electrons. The summed E-state index contributed by atoms with van der Waals surface area (Å²) >= 11 is 0. The highest BCUT2D eigenvalue weighted by molar-refractivity contribution is 5.54. The zero-order valence-corrected chi connectivity index (χ0v) is 10.8. The quantitative estimate of drug-likeness (QED) is 0.876. The van der Waals surface area contributed by atoms with Crippen LogP contribution in [0.4, 0.5) is 19.0 Å². The molecule has 1 aliphatic rings. The highest BCUT2D eigenvalue weighted by Crippen LogP contribution is 2.44. The van der Waals surface area contributed by atoms with Crippen molar-refractivity contribution in [2.45, 2.75) is 24.7 Å². The first-order valence-corrected chi connectivity index (χ1v) is 6.36. The molecule has 21 heavy (non-hydrogen) atoms. The molecule has 0 spiro atoms. The van der Waals surface area contributed by atoms with E-state index in [2.05, 4.69) is 10.4 Å². The molecule has 2 heterocycles. The van der Waals surface area contributed by atoms with E-state index >= 15 is 0 Å². The fourth-order valence-electron chi connectivity index (χ4n) is 2.55. The van der Waals surface area contributed by atoms with Gasteiger partial charge in [-0.15, -0.1) is 0 Å². The van der Waals surface area contributed by atoms with Crippen LogP contribution in [0.3, 0.4) is 0 Å². The highest BCUT2D eigenvalue weighted by Gasteiger charge is 2.46. The summed E-state index contributed by atoms with van der Waals surface area (Å²) in [6, 6.07) is 8.51. The molecule has 1 N–H and O–H groups in total. The predicted molar refractivity (Wildman–Crippen MR) is 69.5 cm³/mol. The summed E-state index contributed by atoms with van der Waals surface area (Å²) in [4.78, 5) is 0. The number of fused-ring (bicyclic) bond motifs is 1. The molecule has 1 aromatic heterocycles. The Balaban J connectivity index is 2.05. The van der Waals surface area contributed by atoms with E-state index in [0.29, 0.717) is 0 Å². The lowest BCUT2D eigenvalue weighted by molar-refractivity contribution is -0.173. The molecule has 0 fully saturated rings. The van der Waals surface area contributed by atoms with Crippen molar-refractivity contribution in [3.8, 4) is 6.07 Å². The van der Waals surface area contributed by atoms with Crippen molar-refractivity contribution >= 4 is 5.82 Å². The van der Waals surface area contributed by atoms with Crippen LogP contribution in [-0.2, 0) is 0 Å². The van der Waals surface area contributed by atoms with Crippen LogP contribution in [0.1, 0.15) is 29.6 Å². The smallest absolute Gasteiger partial charge is 0.362 e. The first kappa shape index (κ1) is 13.5. The van der Waals surface area contributed by atoms with Gasteiger partial charge in [-0.1, -0.05) is 30.3 Å². The first-order chi connectivity index (χ1) is 10.0. The Hall–Kier alpha value is -2.49. The lowest BCUT2D eigenvalue weighted by atomic mass is 9.97. The molecule has 0 amide bonds. The van der Waals surface area contributed by atoms with E-state index in [4.69, 9.17) is 5.26 Å². The molecular weight excluding hydrogens is 281 g/mol. The second kappa shape index (κ2) is 4.81. The number of nitrogens with zero attached hydrogens (tertiary/aromatic N) is 3. The maximum absolute atomic E-state index is 13.3. The summed E-state index contributed by atoms with van der Waals surface area (Å²) < 4.78 is 40.6. The minimum Gasteiger partial charge on any atom is -0.362 e. The molecule has 2 atom stereocenters. The Morgan fingerprint density at radius 1 is 1.29 bits per heavy atom. The third-order valence-electron chi connectivity index (χ3n) is 3.56. The number of anilines is 1. The Labute approximate surface area is 118 Å². The van der Waals surface area contributed by atoms with E-state index in [9.17, 15) is 13.2 Å². The first-order valence-electron chi connectivity index (χ1n) is 6.36. The molecule has 1 aliphatic heterocycles. The second-order valence-electron chi connectivity index (χ2n) is 4.86. The third-order valence-corrected chi connectivity index (χ3v) is 3.56. The fourth-order valence-corrected chi connectivity index (χ4v) is 2.55. The van der Waals surface area contributed by atoms with Crippen molar-refractivity contribution in [2.75, 3.05) is 5.32 Å². The van der Waals surface area contributed by atoms with Gasteiger partial charge in [0.05, 0.1) is 12.2 Å². The minimum absolute atomic E-state index is 0.116. The van der Waals surface area contributed by atoms with Gasteiger partial charge in [0.1, 0.15) is 17.5 Å². The summed E-state index contributed by atoms with van der Waals surface area (Å²) in [6.45, 7) is 0. The highest BCUT2D eigenvalue weighted by atomic mass is 19.4. The monoisotopic (exact) mass is 292 g/mol. The molecule has 3 rings (SSSR count). The molecule has 0 saturated heterocycles. The summed E-state index contributed by atoms with van der Waals surface area (Å²) in [5, 5.41) is 15.7. The van der Waals surface area contributed by atoms with Crippen molar-refractivity contribution in [2.24, 2.45) is 0 Å². The Morgan fingerprint density at radius 3 is 2.62 bits per heavy atom. The third kappa shape index (κ3) is 2.33. The number of rotatable bonds is 1. The molecule has 4 nitrogen and oxygen atoms in total. The van der Waals surface area contributed by atoms with Gasteiger partial charge in [-0.05, 0) is 5.56 Å². The number of hydrogen-bond acceptors (Lipinski definition) is 3. The van der Waals surface area contributed by atoms with Gasteiger partial charge in [-0.3, -0.25) is 0 Å². The molecule has 7 heteroatoms. The number of hydrogen-bond donors (Lipinski definition) is 1. The molecule has 0 unspecified atom stereocenters. The van der Waals surface area contributed by atoms with Crippen molar-refractivity contribution < 1.29 is 13.2 Å². The number of benzene rings is 1. The average Bonchev–Trinajstić information content (AvgIpc) is 2.89. The number of nitrogens with one attached hydrogen (secondary N) is 1. The van der Waals surface area contributed by atoms with Gasteiger partial charge in [-0.2, -0.15) is 23.5 Å². The molecule has 1 aromatic carbocycles. The molecule has 0 saturated carbocycles. The van der Waals surface area contributed by atoms with E-state index in [-0.39, 0.29) is 17.8 Å². The van der Waals surface area contributed by atoms with Gasteiger partial charge >= 0.3 is 6.18 Å². The Bertz CT molecular complexity index is 684. The van der Waals surface area contributed by atoms with Crippen molar-refractivity contribution in [3.05, 3.63) is 47.7 Å². The fraction of sp³-hybridized carbons (Fsp3) is 0.286. The Kier molecular flexibility index (Phi) is 3.09. The average molecular weight is 292 g/mol. The van der Waals surface area contributed by atoms with Gasteiger partial charge < -0.3 is 5.32 Å². The van der Waals surface area contributed by atoms with E-state index in [0.717, 1.165) is 16.4 Å². The van der Waals surface area contributed by atoms with Gasteiger partial charge in [-0.25, -0.2) is 4.68 Å². The van der Waals surface area contributed by atoms with Crippen molar-refractivity contribution in [1.82, 2.24) is 9.78 Å². The Morgan fingerprint density at radius 2 is 2.00 bits per heavy atom. The topological polar surface area (TPSA) is 53.6 Å². The van der Waals surface area contributed by atoms with Crippen LogP contribution in [0.5, 0.6) is 0 Å². The van der Waals surface area contributed by atoms with E-state index < -0.39 is 18.3 Å². The zero-order valence-electron chi connectivity index (χ0n) is 10.8. The zero-order chi connectivity index (χ0) is 15.0. The van der Waals surface area contributed by atoms with E-state index in [1.165, 1.54) is 0 Å². The van der Waals surface area contributed by atoms with Crippen LogP contribution in [0.25, 0.3) is 0 Å². The van der Waals surface area contributed by atoms with Crippen LogP contribution >= 0.6 is 0 Å². The summed E-state index contributed by atoms with van der Waals surface area (Å²) in [5.41, 5.74) is 0.868. The molecule has 0 bridgehead atoms. The second-order valence-corrected chi connectivity index (χ2v) is 4.86. The lowest BCUT2D eigenvalue weighted by Crippen LogP contribution is -2.35. The molecule has 108 valence electrons. The maximum atomic E-state index is 13.3. The molecular formula is C14H11F3N4. The molecule has 0 aliphatic carbocycles. The van der Waals surface area contributed by atoms with Crippen LogP contribution in [-0.4, -0.2) is 16.0 Å². The largest absolute Gasteiger partial charge is 0.410 e. The summed E-state index contributed by atoms with van der Waals surface area (Å²) in [6.07, 6.45) is -3.41. The van der Waals surface area contributed by atoms with Gasteiger partial charge in [0, 0.05) is 6.42 Å². The van der Waals surface area contributed by atoms with Gasteiger partial charge in [0.2, 0.25) is 0 Å². The van der Waals surface area contributed by atoms with E-state index in [1.807, 2.05) is 6.07 Å². The summed E-state index contributed by atoms with van der Waals surface area (Å²) in [7, 11) is 0. The number of nitriles is 1. The number of alkyl halides is 3. The van der Waals surface area contributed by atoms with Crippen LogP contribution in [0.2, 0.25) is 0 Å². The predicted octanol–water partition coefficient (Wildman–Crippen LogP) is 3.42. The standard InChI is InChI=1S/C14H11F3N4/c15-14(16,17)12-6-11(9-4-2-1-3-5-9)20-13-10(7-18)8-19-21(12)13/h1-5,8,11-12,20H,6H2/t11-,12-/m1/s1. The maximum Gasteiger partial charge on any atom is 0.410 e. The SMILES string of the molecule is N#Cc1cnn2c1N[C@@H](c1ccccc1)C[C@@H]2C(F)(F)F. The number of aromatic nitrogens is 2. The van der Waals surface area contributed by atoms with Crippen molar-refractivity contribution in [1.29, 1.82) is 5.26 Å². The van der Waals surface area contributed by atoms with E-state index in [1.54, 1.807) is 30.3 Å². The van der Waals surface area contributed by atoms with Crippen LogP contribution < -0.4 is 5.32 Å². The van der Waals surface area contributed by atoms with Gasteiger partial charge in [0.25, 0.3) is 0 Å². The summed E-state index contributed by atoms with van der Waals surface area (Å²) in [5.74, 6) is 0.125. The minimum atomic E-state index is -4.41. The normalized spacial score (nSPS) is 21.2. The van der Waals surface area contributed by atoms with Crippen LogP contribution in [0.15, 0.2) is 36.5 Å². The van der Waals surface area contributed by atoms with Gasteiger partial charge in [0.15, 0.2) is 6.04 Å². The number of halogens is 3. The van der Waals surface area contributed by atoms with Crippen molar-refractivity contribution in [3.63, 3.8) is 0 Å². The van der Waals surface area contributed by atoms with Crippen LogP contribution in [0, 0.1) is 11.3 Å². The lowest BCUT2D eigenvalue weighted by Gasteiger charge is -2.33. The molecule has 2 aromatic rings.